The van der Waals surface area contributed by atoms with Gasteiger partial charge in [0.2, 0.25) is 11.8 Å². The summed E-state index contributed by atoms with van der Waals surface area (Å²) in [5.41, 5.74) is 1.37. The number of carbonyl (C=O) groups is 2. The summed E-state index contributed by atoms with van der Waals surface area (Å²) in [7, 11) is 0. The number of halogens is 1. The summed E-state index contributed by atoms with van der Waals surface area (Å²) in [6.45, 7) is 3.60. The summed E-state index contributed by atoms with van der Waals surface area (Å²) < 4.78 is 0. The molecular weight excluding hydrogens is 390 g/mol. The molecule has 3 fully saturated rings. The van der Waals surface area contributed by atoms with Crippen LogP contribution in [0.4, 0.5) is 0 Å². The first-order chi connectivity index (χ1) is 13.5. The minimum atomic E-state index is -0.415. The minimum Gasteiger partial charge on any atom is -0.392 e. The van der Waals surface area contributed by atoms with E-state index in [4.69, 9.17) is 0 Å². The second kappa shape index (κ2) is 9.45. The highest BCUT2D eigenvalue weighted by atomic mass is 35.5. The van der Waals surface area contributed by atoms with Gasteiger partial charge in [0.05, 0.1) is 12.1 Å². The molecule has 3 aliphatic heterocycles. The van der Waals surface area contributed by atoms with E-state index in [1.165, 1.54) is 5.56 Å². The molecule has 6 nitrogen and oxygen atoms in total. The number of hydrogen-bond acceptors (Lipinski definition) is 4. The van der Waals surface area contributed by atoms with Gasteiger partial charge in [-0.3, -0.25) is 9.59 Å². The first kappa shape index (κ1) is 22.1. The lowest BCUT2D eigenvalue weighted by Gasteiger charge is -2.39. The summed E-state index contributed by atoms with van der Waals surface area (Å²) in [6.07, 6.45) is 4.51. The summed E-state index contributed by atoms with van der Waals surface area (Å²) in [4.78, 5) is 29.1. The van der Waals surface area contributed by atoms with Crippen molar-refractivity contribution in [3.05, 3.63) is 35.9 Å². The number of amides is 2. The number of hydrogen-bond donors (Lipinski definition) is 2. The molecule has 160 valence electrons. The highest BCUT2D eigenvalue weighted by molar-refractivity contribution is 5.85. The van der Waals surface area contributed by atoms with Gasteiger partial charge in [-0.05, 0) is 37.7 Å². The van der Waals surface area contributed by atoms with Gasteiger partial charge in [-0.25, -0.2) is 0 Å². The average molecular weight is 422 g/mol. The molecule has 0 saturated carbocycles. The Kier molecular flexibility index (Phi) is 7.19. The molecule has 2 amide bonds. The van der Waals surface area contributed by atoms with E-state index in [0.717, 1.165) is 51.9 Å². The van der Waals surface area contributed by atoms with Crippen LogP contribution in [-0.4, -0.2) is 71.6 Å². The number of nitrogens with one attached hydrogen (secondary N) is 1. The van der Waals surface area contributed by atoms with Crippen LogP contribution in [-0.2, 0) is 16.0 Å². The van der Waals surface area contributed by atoms with Crippen LogP contribution in [0.2, 0.25) is 0 Å². The molecule has 0 aliphatic carbocycles. The smallest absolute Gasteiger partial charge is 0.239 e. The van der Waals surface area contributed by atoms with Gasteiger partial charge >= 0.3 is 0 Å². The van der Waals surface area contributed by atoms with Crippen molar-refractivity contribution in [3.8, 4) is 0 Å². The normalized spacial score (nSPS) is 26.0. The zero-order valence-corrected chi connectivity index (χ0v) is 17.7. The summed E-state index contributed by atoms with van der Waals surface area (Å²) in [5.74, 6) is 0.379. The van der Waals surface area contributed by atoms with Crippen molar-refractivity contribution in [1.29, 1.82) is 0 Å². The van der Waals surface area contributed by atoms with Crippen LogP contribution in [0.25, 0.3) is 0 Å². The fourth-order valence-electron chi connectivity index (χ4n) is 4.97. The summed E-state index contributed by atoms with van der Waals surface area (Å²) >= 11 is 0. The molecular formula is C22H32ClN3O3. The van der Waals surface area contributed by atoms with Gasteiger partial charge in [-0.1, -0.05) is 30.3 Å². The number of β-amino-alcohol motifs (C(OH)–C–C–N with tert-alkyl or cyclic N) is 1. The van der Waals surface area contributed by atoms with Crippen molar-refractivity contribution in [2.24, 2.45) is 5.41 Å². The molecule has 3 saturated heterocycles. The van der Waals surface area contributed by atoms with E-state index in [2.05, 4.69) is 29.6 Å². The van der Waals surface area contributed by atoms with Crippen LogP contribution < -0.4 is 5.32 Å². The maximum Gasteiger partial charge on any atom is 0.239 e. The number of nitrogens with zero attached hydrogens (tertiary/aromatic N) is 2. The topological polar surface area (TPSA) is 72.9 Å². The summed E-state index contributed by atoms with van der Waals surface area (Å²) in [6, 6.07) is 10.2. The van der Waals surface area contributed by atoms with Gasteiger partial charge in [0, 0.05) is 44.6 Å². The largest absolute Gasteiger partial charge is 0.392 e. The van der Waals surface area contributed by atoms with Crippen molar-refractivity contribution >= 4 is 24.2 Å². The second-order valence-corrected chi connectivity index (χ2v) is 8.76. The molecule has 0 radical (unpaired) electrons. The van der Waals surface area contributed by atoms with Crippen molar-refractivity contribution in [2.45, 2.75) is 50.7 Å². The number of carbonyl (C=O) groups excluding carboxylic acids is 2. The monoisotopic (exact) mass is 421 g/mol. The van der Waals surface area contributed by atoms with Crippen molar-refractivity contribution < 1.29 is 14.7 Å². The lowest BCUT2D eigenvalue weighted by molar-refractivity contribution is -0.135. The predicted molar refractivity (Wildman–Crippen MR) is 114 cm³/mol. The fourth-order valence-corrected chi connectivity index (χ4v) is 4.97. The maximum absolute atomic E-state index is 12.6. The van der Waals surface area contributed by atoms with Crippen LogP contribution in [0.5, 0.6) is 0 Å². The van der Waals surface area contributed by atoms with E-state index < -0.39 is 6.10 Å². The number of aliphatic hydroxyl groups is 1. The molecule has 3 aliphatic rings. The zero-order chi connectivity index (χ0) is 19.6. The maximum atomic E-state index is 12.6. The van der Waals surface area contributed by atoms with Crippen LogP contribution in [0.3, 0.4) is 0 Å². The highest BCUT2D eigenvalue weighted by Crippen LogP contribution is 2.41. The zero-order valence-electron chi connectivity index (χ0n) is 16.9. The Morgan fingerprint density at radius 3 is 2.59 bits per heavy atom. The Hall–Kier alpha value is -1.63. The Labute approximate surface area is 179 Å². The molecule has 1 spiro atoms. The minimum absolute atomic E-state index is 0. The molecule has 1 aromatic rings. The Balaban J connectivity index is 0.00000240. The van der Waals surface area contributed by atoms with Gasteiger partial charge in [-0.2, -0.15) is 0 Å². The lowest BCUT2D eigenvalue weighted by atomic mass is 9.77. The van der Waals surface area contributed by atoms with Crippen molar-refractivity contribution in [2.75, 3.05) is 32.7 Å². The highest BCUT2D eigenvalue weighted by Gasteiger charge is 2.45. The van der Waals surface area contributed by atoms with E-state index in [1.807, 2.05) is 15.9 Å². The average Bonchev–Trinajstić information content (AvgIpc) is 3.26. The van der Waals surface area contributed by atoms with E-state index >= 15 is 0 Å². The van der Waals surface area contributed by atoms with Crippen LogP contribution in [0.15, 0.2) is 30.3 Å². The number of likely N-dealkylation sites (tertiary alicyclic amines) is 2. The third-order valence-electron chi connectivity index (χ3n) is 6.68. The number of benzene rings is 1. The third-order valence-corrected chi connectivity index (χ3v) is 6.68. The van der Waals surface area contributed by atoms with Gasteiger partial charge in [0.1, 0.15) is 0 Å². The van der Waals surface area contributed by atoms with Gasteiger partial charge in [-0.15, -0.1) is 12.4 Å². The van der Waals surface area contributed by atoms with Gasteiger partial charge < -0.3 is 20.2 Å². The van der Waals surface area contributed by atoms with Gasteiger partial charge in [0.15, 0.2) is 0 Å². The van der Waals surface area contributed by atoms with Crippen molar-refractivity contribution in [3.63, 3.8) is 0 Å². The second-order valence-electron chi connectivity index (χ2n) is 8.76. The molecule has 0 unspecified atom stereocenters. The van der Waals surface area contributed by atoms with E-state index in [1.54, 1.807) is 0 Å². The SMILES string of the molecule is Cl.O=C1CC2(CCN(C(=O)[C@H]3C[C@H](O)CN3)CC2)CN1CCCc1ccccc1. The van der Waals surface area contributed by atoms with Crippen LogP contribution in [0, 0.1) is 5.41 Å². The number of rotatable bonds is 5. The molecule has 0 bridgehead atoms. The Bertz CT molecular complexity index is 707. The van der Waals surface area contributed by atoms with Crippen LogP contribution in [0.1, 0.15) is 37.7 Å². The Morgan fingerprint density at radius 2 is 1.93 bits per heavy atom. The molecule has 2 N–H and O–H groups in total. The number of piperidine rings is 1. The first-order valence-electron chi connectivity index (χ1n) is 10.6. The fraction of sp³-hybridized carbons (Fsp3) is 0.636. The molecule has 4 rings (SSSR count). The first-order valence-corrected chi connectivity index (χ1v) is 10.6. The molecule has 1 aromatic carbocycles. The molecule has 7 heteroatoms. The molecule has 0 aromatic heterocycles. The van der Waals surface area contributed by atoms with E-state index in [0.29, 0.717) is 19.4 Å². The van der Waals surface area contributed by atoms with E-state index in [9.17, 15) is 14.7 Å². The van der Waals surface area contributed by atoms with Crippen molar-refractivity contribution in [1.82, 2.24) is 15.1 Å². The van der Waals surface area contributed by atoms with E-state index in [-0.39, 0.29) is 35.7 Å². The quantitative estimate of drug-likeness (QED) is 0.757. The molecule has 3 heterocycles. The van der Waals surface area contributed by atoms with Crippen LogP contribution >= 0.6 is 12.4 Å². The Morgan fingerprint density at radius 1 is 1.21 bits per heavy atom. The number of aliphatic hydroxyl groups excluding tert-OH is 1. The predicted octanol–water partition coefficient (Wildman–Crippen LogP) is 1.60. The molecule has 2 atom stereocenters. The third kappa shape index (κ3) is 5.11. The standard InChI is InChI=1S/C22H31N3O3.ClH/c26-18-13-19(23-15-18)21(28)24-11-8-22(9-12-24)14-20(27)25(16-22)10-4-7-17-5-2-1-3-6-17;/h1-3,5-6,18-19,23,26H,4,7-16H2;1H/t18-,19+;/m0./s1. The lowest BCUT2D eigenvalue weighted by Crippen LogP contribution is -2.49. The number of aryl methyl sites for hydroxylation is 1. The molecule has 29 heavy (non-hydrogen) atoms. The summed E-state index contributed by atoms with van der Waals surface area (Å²) in [5, 5.41) is 12.8. The van der Waals surface area contributed by atoms with Gasteiger partial charge in [0.25, 0.3) is 0 Å².